The molecule has 3 aliphatic rings. The van der Waals surface area contributed by atoms with Crippen molar-refractivity contribution in [3.05, 3.63) is 18.0 Å². The number of β-amino-alcohol motifs (C(OH)–C–C–N with tert-alkyl or cyclic N) is 1. The molecule has 1 aromatic heterocycles. The Bertz CT molecular complexity index is 561. The van der Waals surface area contributed by atoms with Crippen LogP contribution in [-0.4, -0.2) is 83.3 Å². The van der Waals surface area contributed by atoms with Gasteiger partial charge in [-0.25, -0.2) is 9.97 Å². The zero-order valence-corrected chi connectivity index (χ0v) is 15.9. The van der Waals surface area contributed by atoms with E-state index in [9.17, 15) is 0 Å². The molecule has 1 saturated carbocycles. The van der Waals surface area contributed by atoms with Crippen molar-refractivity contribution in [2.24, 2.45) is 0 Å². The van der Waals surface area contributed by atoms with Gasteiger partial charge in [0, 0.05) is 69.7 Å². The highest BCUT2D eigenvalue weighted by Crippen LogP contribution is 2.33. The molecule has 1 aliphatic carbocycles. The number of aliphatic hydroxyl groups is 1. The van der Waals surface area contributed by atoms with Crippen molar-refractivity contribution in [2.45, 2.75) is 50.5 Å². The highest BCUT2D eigenvalue weighted by Gasteiger charge is 2.28. The number of hydrogen-bond donors (Lipinski definition) is 1. The first-order chi connectivity index (χ1) is 12.8. The predicted octanol–water partition coefficient (Wildman–Crippen LogP) is 1.71. The molecule has 3 fully saturated rings. The summed E-state index contributed by atoms with van der Waals surface area (Å²) in [7, 11) is 0. The first kappa shape index (κ1) is 18.1. The molecule has 144 valence electrons. The summed E-state index contributed by atoms with van der Waals surface area (Å²) >= 11 is 0. The van der Waals surface area contributed by atoms with E-state index in [1.54, 1.807) is 0 Å². The van der Waals surface area contributed by atoms with Crippen LogP contribution >= 0.6 is 0 Å². The van der Waals surface area contributed by atoms with Crippen LogP contribution in [0.2, 0.25) is 0 Å². The van der Waals surface area contributed by atoms with Crippen LogP contribution in [0.25, 0.3) is 0 Å². The van der Waals surface area contributed by atoms with Gasteiger partial charge in [-0.1, -0.05) is 12.8 Å². The summed E-state index contributed by atoms with van der Waals surface area (Å²) in [5.41, 5.74) is 1.26. The maximum atomic E-state index is 9.09. The zero-order valence-electron chi connectivity index (χ0n) is 15.9. The number of anilines is 1. The van der Waals surface area contributed by atoms with Gasteiger partial charge in [0.2, 0.25) is 5.95 Å². The van der Waals surface area contributed by atoms with Crippen LogP contribution in [0.15, 0.2) is 12.3 Å². The Morgan fingerprint density at radius 3 is 2.38 bits per heavy atom. The fraction of sp³-hybridized carbons (Fsp3) is 0.800. The molecular formula is C20H33N5O. The lowest BCUT2D eigenvalue weighted by atomic mass is 10.0. The summed E-state index contributed by atoms with van der Waals surface area (Å²) in [6.07, 6.45) is 9.65. The van der Waals surface area contributed by atoms with Gasteiger partial charge in [0.15, 0.2) is 0 Å². The van der Waals surface area contributed by atoms with Crippen molar-refractivity contribution in [1.29, 1.82) is 0 Å². The lowest BCUT2D eigenvalue weighted by Gasteiger charge is -2.42. The fourth-order valence-electron chi connectivity index (χ4n) is 4.89. The second-order valence-corrected chi connectivity index (χ2v) is 8.08. The van der Waals surface area contributed by atoms with Gasteiger partial charge >= 0.3 is 0 Å². The molecule has 3 heterocycles. The first-order valence-electron chi connectivity index (χ1n) is 10.5. The van der Waals surface area contributed by atoms with Crippen LogP contribution in [0.1, 0.15) is 50.1 Å². The van der Waals surface area contributed by atoms with Gasteiger partial charge in [0.1, 0.15) is 0 Å². The Morgan fingerprint density at radius 2 is 1.69 bits per heavy atom. The summed E-state index contributed by atoms with van der Waals surface area (Å²) in [6, 6.07) is 2.82. The van der Waals surface area contributed by atoms with Gasteiger partial charge in [0.25, 0.3) is 0 Å². The largest absolute Gasteiger partial charge is 0.395 e. The average Bonchev–Trinajstić information content (AvgIpc) is 3.24. The topological polar surface area (TPSA) is 55.7 Å². The second-order valence-electron chi connectivity index (χ2n) is 8.08. The lowest BCUT2D eigenvalue weighted by molar-refractivity contribution is 0.0746. The van der Waals surface area contributed by atoms with Crippen LogP contribution in [0.3, 0.4) is 0 Å². The highest BCUT2D eigenvalue weighted by molar-refractivity contribution is 5.32. The summed E-state index contributed by atoms with van der Waals surface area (Å²) in [5.74, 6) is 1.60. The minimum absolute atomic E-state index is 0.276. The minimum atomic E-state index is 0.276. The van der Waals surface area contributed by atoms with E-state index in [0.29, 0.717) is 12.0 Å². The maximum Gasteiger partial charge on any atom is 0.225 e. The van der Waals surface area contributed by atoms with Crippen molar-refractivity contribution in [2.75, 3.05) is 57.3 Å². The Hall–Kier alpha value is -1.24. The van der Waals surface area contributed by atoms with Crippen molar-refractivity contribution in [1.82, 2.24) is 19.8 Å². The SMILES string of the molecule is OCCN1CCN(C2CCN(c3nccc(C4CCCC4)n3)CC2)CC1. The summed E-state index contributed by atoms with van der Waals surface area (Å²) in [5, 5.41) is 9.09. The molecule has 0 amide bonds. The number of aromatic nitrogens is 2. The van der Waals surface area contributed by atoms with E-state index in [0.717, 1.165) is 51.8 Å². The van der Waals surface area contributed by atoms with E-state index in [1.807, 2.05) is 6.20 Å². The van der Waals surface area contributed by atoms with Crippen molar-refractivity contribution >= 4 is 5.95 Å². The number of piperidine rings is 1. The van der Waals surface area contributed by atoms with E-state index >= 15 is 0 Å². The number of rotatable bonds is 5. The lowest BCUT2D eigenvalue weighted by Crippen LogP contribution is -2.53. The molecule has 0 radical (unpaired) electrons. The third-order valence-corrected chi connectivity index (χ3v) is 6.52. The Labute approximate surface area is 157 Å². The Morgan fingerprint density at radius 1 is 0.962 bits per heavy atom. The van der Waals surface area contributed by atoms with E-state index < -0.39 is 0 Å². The quantitative estimate of drug-likeness (QED) is 0.864. The molecule has 2 aliphatic heterocycles. The van der Waals surface area contributed by atoms with Gasteiger partial charge in [-0.15, -0.1) is 0 Å². The van der Waals surface area contributed by atoms with E-state index in [-0.39, 0.29) is 6.61 Å². The zero-order chi connectivity index (χ0) is 17.8. The van der Waals surface area contributed by atoms with E-state index in [4.69, 9.17) is 10.1 Å². The maximum absolute atomic E-state index is 9.09. The van der Waals surface area contributed by atoms with Gasteiger partial charge < -0.3 is 10.0 Å². The van der Waals surface area contributed by atoms with E-state index in [2.05, 4.69) is 25.8 Å². The van der Waals surface area contributed by atoms with Gasteiger partial charge in [-0.05, 0) is 31.7 Å². The summed E-state index contributed by atoms with van der Waals surface area (Å²) in [4.78, 5) is 16.9. The van der Waals surface area contributed by atoms with Crippen LogP contribution in [0.5, 0.6) is 0 Å². The molecule has 0 unspecified atom stereocenters. The highest BCUT2D eigenvalue weighted by atomic mass is 16.3. The fourth-order valence-corrected chi connectivity index (χ4v) is 4.89. The molecule has 6 heteroatoms. The molecule has 4 rings (SSSR count). The van der Waals surface area contributed by atoms with Crippen LogP contribution in [0.4, 0.5) is 5.95 Å². The van der Waals surface area contributed by atoms with Crippen LogP contribution < -0.4 is 4.90 Å². The summed E-state index contributed by atoms with van der Waals surface area (Å²) in [6.45, 7) is 7.68. The molecule has 0 spiro atoms. The second kappa shape index (κ2) is 8.63. The smallest absolute Gasteiger partial charge is 0.225 e. The van der Waals surface area contributed by atoms with Gasteiger partial charge in [-0.3, -0.25) is 9.80 Å². The Balaban J connectivity index is 1.29. The van der Waals surface area contributed by atoms with Crippen molar-refractivity contribution < 1.29 is 5.11 Å². The third kappa shape index (κ3) is 4.18. The molecule has 1 N–H and O–H groups in total. The van der Waals surface area contributed by atoms with Crippen molar-refractivity contribution in [3.8, 4) is 0 Å². The minimum Gasteiger partial charge on any atom is -0.395 e. The van der Waals surface area contributed by atoms with Gasteiger partial charge in [0.05, 0.1) is 6.61 Å². The average molecular weight is 360 g/mol. The molecule has 26 heavy (non-hydrogen) atoms. The normalized spacial score (nSPS) is 24.4. The standard InChI is InChI=1S/C20H33N5O/c26-16-15-23-11-13-24(14-12-23)18-6-9-25(10-7-18)20-21-8-5-19(22-20)17-3-1-2-4-17/h5,8,17-18,26H,1-4,6-7,9-16H2. The van der Waals surface area contributed by atoms with Crippen LogP contribution in [0, 0.1) is 0 Å². The molecular weight excluding hydrogens is 326 g/mol. The van der Waals surface area contributed by atoms with Crippen molar-refractivity contribution in [3.63, 3.8) is 0 Å². The predicted molar refractivity (Wildman–Crippen MR) is 104 cm³/mol. The monoisotopic (exact) mass is 359 g/mol. The molecule has 6 nitrogen and oxygen atoms in total. The number of nitrogens with zero attached hydrogens (tertiary/aromatic N) is 5. The first-order valence-corrected chi connectivity index (χ1v) is 10.5. The summed E-state index contributed by atoms with van der Waals surface area (Å²) < 4.78 is 0. The van der Waals surface area contributed by atoms with Crippen LogP contribution in [-0.2, 0) is 0 Å². The number of piperazine rings is 1. The number of aliphatic hydroxyl groups excluding tert-OH is 1. The number of hydrogen-bond acceptors (Lipinski definition) is 6. The molecule has 0 bridgehead atoms. The molecule has 0 aromatic carbocycles. The molecule has 1 aromatic rings. The Kier molecular flexibility index (Phi) is 6.02. The third-order valence-electron chi connectivity index (χ3n) is 6.52. The van der Waals surface area contributed by atoms with Gasteiger partial charge in [-0.2, -0.15) is 0 Å². The molecule has 0 atom stereocenters. The van der Waals surface area contributed by atoms with E-state index in [1.165, 1.54) is 44.2 Å². The molecule has 2 saturated heterocycles.